The van der Waals surface area contributed by atoms with Crippen LogP contribution >= 0.6 is 0 Å². The second kappa shape index (κ2) is 6.04. The highest BCUT2D eigenvalue weighted by atomic mass is 16.4. The summed E-state index contributed by atoms with van der Waals surface area (Å²) in [5, 5.41) is 20.4. The molecule has 7 heteroatoms. The van der Waals surface area contributed by atoms with Gasteiger partial charge in [0.05, 0.1) is 6.20 Å². The predicted octanol–water partition coefficient (Wildman–Crippen LogP) is 0.852. The molecule has 100 valence electrons. The third-order valence-corrected chi connectivity index (χ3v) is 2.42. The monoisotopic (exact) mass is 254 g/mol. The lowest BCUT2D eigenvalue weighted by atomic mass is 9.99. The Balaban J connectivity index is 2.31. The molecule has 0 aliphatic heterocycles. The van der Waals surface area contributed by atoms with E-state index in [9.17, 15) is 9.59 Å². The Labute approximate surface area is 105 Å². The Kier molecular flexibility index (Phi) is 4.70. The molecular formula is C11H18N4O3. The van der Waals surface area contributed by atoms with Gasteiger partial charge in [0.15, 0.2) is 0 Å². The van der Waals surface area contributed by atoms with E-state index < -0.39 is 11.5 Å². The number of hydrogen-bond acceptors (Lipinski definition) is 3. The third kappa shape index (κ3) is 5.33. The number of carbonyl (C=O) groups excluding carboxylic acids is 1. The minimum absolute atomic E-state index is 0.0228. The van der Waals surface area contributed by atoms with Crippen LogP contribution in [-0.4, -0.2) is 32.8 Å². The molecule has 0 fully saturated rings. The van der Waals surface area contributed by atoms with E-state index in [1.807, 2.05) is 0 Å². The molecule has 0 aliphatic rings. The van der Waals surface area contributed by atoms with Crippen LogP contribution in [0, 0.1) is 0 Å². The van der Waals surface area contributed by atoms with Gasteiger partial charge in [-0.15, -0.1) is 0 Å². The highest BCUT2D eigenvalue weighted by Crippen LogP contribution is 2.10. The second-order valence-electron chi connectivity index (χ2n) is 4.69. The fourth-order valence-electron chi connectivity index (χ4n) is 1.39. The number of carbonyl (C=O) groups is 2. The molecule has 0 unspecified atom stereocenters. The van der Waals surface area contributed by atoms with E-state index in [1.54, 1.807) is 26.2 Å². The molecule has 2 amide bonds. The summed E-state index contributed by atoms with van der Waals surface area (Å²) in [4.78, 5) is 22.1. The third-order valence-electron chi connectivity index (χ3n) is 2.42. The van der Waals surface area contributed by atoms with Crippen molar-refractivity contribution in [3.8, 4) is 0 Å². The van der Waals surface area contributed by atoms with Crippen LogP contribution in [0.25, 0.3) is 0 Å². The van der Waals surface area contributed by atoms with Gasteiger partial charge in [-0.25, -0.2) is 4.79 Å². The summed E-state index contributed by atoms with van der Waals surface area (Å²) in [6.07, 6.45) is 3.71. The predicted molar refractivity (Wildman–Crippen MR) is 64.9 cm³/mol. The maximum atomic E-state index is 11.6. The van der Waals surface area contributed by atoms with Gasteiger partial charge in [-0.3, -0.25) is 9.89 Å². The van der Waals surface area contributed by atoms with Crippen molar-refractivity contribution in [2.24, 2.45) is 0 Å². The van der Waals surface area contributed by atoms with Crippen LogP contribution in [0.2, 0.25) is 0 Å². The fraction of sp³-hybridized carbons (Fsp3) is 0.545. The van der Waals surface area contributed by atoms with Gasteiger partial charge < -0.3 is 15.7 Å². The molecule has 0 saturated heterocycles. The van der Waals surface area contributed by atoms with Crippen LogP contribution < -0.4 is 10.6 Å². The van der Waals surface area contributed by atoms with Crippen molar-refractivity contribution in [3.63, 3.8) is 0 Å². The Hall–Kier alpha value is -2.05. The smallest absolute Gasteiger partial charge is 0.315 e. The van der Waals surface area contributed by atoms with Crippen molar-refractivity contribution >= 4 is 12.0 Å². The molecule has 0 aromatic carbocycles. The summed E-state index contributed by atoms with van der Waals surface area (Å²) >= 11 is 0. The first kappa shape index (κ1) is 14.0. The largest absolute Gasteiger partial charge is 0.481 e. The zero-order valence-corrected chi connectivity index (χ0v) is 10.5. The Morgan fingerprint density at radius 1 is 1.50 bits per heavy atom. The number of urea groups is 1. The zero-order valence-electron chi connectivity index (χ0n) is 10.5. The van der Waals surface area contributed by atoms with Crippen LogP contribution in [-0.2, 0) is 11.3 Å². The minimum Gasteiger partial charge on any atom is -0.481 e. The highest BCUT2D eigenvalue weighted by Gasteiger charge is 2.21. The summed E-state index contributed by atoms with van der Waals surface area (Å²) in [6.45, 7) is 3.94. The van der Waals surface area contributed by atoms with Gasteiger partial charge in [-0.1, -0.05) is 0 Å². The lowest BCUT2D eigenvalue weighted by molar-refractivity contribution is -0.137. The maximum absolute atomic E-state index is 11.6. The van der Waals surface area contributed by atoms with Crippen molar-refractivity contribution in [1.82, 2.24) is 20.8 Å². The van der Waals surface area contributed by atoms with E-state index in [0.717, 1.165) is 5.56 Å². The number of hydrogen-bond donors (Lipinski definition) is 4. The van der Waals surface area contributed by atoms with E-state index in [1.165, 1.54) is 0 Å². The van der Waals surface area contributed by atoms with Crippen LogP contribution in [0.5, 0.6) is 0 Å². The van der Waals surface area contributed by atoms with E-state index in [4.69, 9.17) is 5.11 Å². The number of aromatic nitrogens is 2. The standard InChI is InChI=1S/C11H18N4O3/c1-11(2,4-3-9(16)17)15-10(18)12-5-8-6-13-14-7-8/h6-7H,3-5H2,1-2H3,(H,13,14)(H,16,17)(H2,12,15,18). The van der Waals surface area contributed by atoms with Gasteiger partial charge in [-0.05, 0) is 20.3 Å². The molecule has 0 atom stereocenters. The summed E-state index contributed by atoms with van der Waals surface area (Å²) in [6, 6.07) is -0.327. The van der Waals surface area contributed by atoms with Crippen molar-refractivity contribution in [1.29, 1.82) is 0 Å². The fourth-order valence-corrected chi connectivity index (χ4v) is 1.39. The molecule has 0 saturated carbocycles. The number of carboxylic acids is 1. The first-order valence-electron chi connectivity index (χ1n) is 5.64. The molecule has 0 aliphatic carbocycles. The van der Waals surface area contributed by atoms with Gasteiger partial charge in [0, 0.05) is 30.3 Å². The lowest BCUT2D eigenvalue weighted by Crippen LogP contribution is -2.48. The van der Waals surface area contributed by atoms with Crippen LogP contribution in [0.3, 0.4) is 0 Å². The van der Waals surface area contributed by atoms with Crippen molar-refractivity contribution < 1.29 is 14.7 Å². The number of nitrogens with zero attached hydrogens (tertiary/aromatic N) is 1. The number of rotatable bonds is 6. The molecule has 7 nitrogen and oxygen atoms in total. The SMILES string of the molecule is CC(C)(CCC(=O)O)NC(=O)NCc1cn[nH]c1. The average Bonchev–Trinajstić information content (AvgIpc) is 2.76. The normalized spacial score (nSPS) is 11.0. The number of nitrogens with one attached hydrogen (secondary N) is 3. The lowest BCUT2D eigenvalue weighted by Gasteiger charge is -2.25. The van der Waals surface area contributed by atoms with Gasteiger partial charge in [0.2, 0.25) is 0 Å². The van der Waals surface area contributed by atoms with E-state index in [0.29, 0.717) is 13.0 Å². The average molecular weight is 254 g/mol. The minimum atomic E-state index is -0.872. The van der Waals surface area contributed by atoms with Gasteiger partial charge >= 0.3 is 12.0 Å². The first-order valence-corrected chi connectivity index (χ1v) is 5.64. The molecule has 1 aromatic heterocycles. The van der Waals surface area contributed by atoms with Gasteiger partial charge in [-0.2, -0.15) is 5.10 Å². The van der Waals surface area contributed by atoms with Crippen LogP contribution in [0.4, 0.5) is 4.79 Å². The molecule has 0 radical (unpaired) electrons. The number of carboxylic acid groups (broad SMARTS) is 1. The van der Waals surface area contributed by atoms with Crippen molar-refractivity contribution in [2.45, 2.75) is 38.8 Å². The Morgan fingerprint density at radius 3 is 2.78 bits per heavy atom. The van der Waals surface area contributed by atoms with Crippen molar-refractivity contribution in [2.75, 3.05) is 0 Å². The van der Waals surface area contributed by atoms with Gasteiger partial charge in [0.25, 0.3) is 0 Å². The number of H-pyrrole nitrogens is 1. The Morgan fingerprint density at radius 2 is 2.22 bits per heavy atom. The maximum Gasteiger partial charge on any atom is 0.315 e. The summed E-state index contributed by atoms with van der Waals surface area (Å²) in [5.41, 5.74) is 0.312. The zero-order chi connectivity index (χ0) is 13.6. The van der Waals surface area contributed by atoms with Crippen molar-refractivity contribution in [3.05, 3.63) is 18.0 Å². The topological polar surface area (TPSA) is 107 Å². The Bertz CT molecular complexity index is 400. The van der Waals surface area contributed by atoms with E-state index in [2.05, 4.69) is 20.8 Å². The summed E-state index contributed by atoms with van der Waals surface area (Å²) in [5.74, 6) is -0.872. The molecule has 4 N–H and O–H groups in total. The van der Waals surface area contributed by atoms with E-state index in [-0.39, 0.29) is 12.5 Å². The highest BCUT2D eigenvalue weighted by molar-refractivity contribution is 5.74. The number of aliphatic carboxylic acids is 1. The molecule has 0 spiro atoms. The summed E-state index contributed by atoms with van der Waals surface area (Å²) in [7, 11) is 0. The van der Waals surface area contributed by atoms with Gasteiger partial charge in [0.1, 0.15) is 0 Å². The molecule has 18 heavy (non-hydrogen) atoms. The number of amides is 2. The molecule has 1 rings (SSSR count). The molecule has 1 aromatic rings. The van der Waals surface area contributed by atoms with Crippen LogP contribution in [0.1, 0.15) is 32.3 Å². The quantitative estimate of drug-likeness (QED) is 0.603. The second-order valence-corrected chi connectivity index (χ2v) is 4.69. The first-order chi connectivity index (χ1) is 8.39. The molecule has 0 bridgehead atoms. The van der Waals surface area contributed by atoms with Crippen LogP contribution in [0.15, 0.2) is 12.4 Å². The van der Waals surface area contributed by atoms with E-state index >= 15 is 0 Å². The molecule has 1 heterocycles. The summed E-state index contributed by atoms with van der Waals surface area (Å²) < 4.78 is 0. The number of aromatic amines is 1. The molecular weight excluding hydrogens is 236 g/mol.